The van der Waals surface area contributed by atoms with Gasteiger partial charge < -0.3 is 19.9 Å². The van der Waals surface area contributed by atoms with Crippen LogP contribution in [-0.4, -0.2) is 28.0 Å². The Morgan fingerprint density at radius 3 is 2.79 bits per heavy atom. The van der Waals surface area contributed by atoms with Crippen molar-refractivity contribution in [1.82, 2.24) is 14.9 Å². The fraction of sp³-hybridized carbons (Fsp3) is 0.150. The van der Waals surface area contributed by atoms with E-state index in [-0.39, 0.29) is 18.4 Å². The smallest absolute Gasteiger partial charge is 0.262 e. The molecule has 0 fully saturated rings. The number of fused-ring (bicyclic) bond motifs is 1. The van der Waals surface area contributed by atoms with Gasteiger partial charge in [0.2, 0.25) is 0 Å². The zero-order chi connectivity index (χ0) is 19.7. The Hall–Kier alpha value is -3.32. The third-order valence-corrected chi connectivity index (χ3v) is 4.72. The van der Waals surface area contributed by atoms with Crippen molar-refractivity contribution >= 4 is 29.1 Å². The SMILES string of the molecule is Cn1ccnc1C(NC(=O)c1ccc2c(c1)OCC(=O)N2)c1ccc(Cl)cc1. The highest BCUT2D eigenvalue weighted by Gasteiger charge is 2.23. The topological polar surface area (TPSA) is 85.2 Å². The Bertz CT molecular complexity index is 1050. The number of nitrogens with one attached hydrogen (secondary N) is 2. The molecule has 1 atom stereocenters. The van der Waals surface area contributed by atoms with Crippen LogP contribution in [0.1, 0.15) is 27.8 Å². The normalized spacial score (nSPS) is 13.9. The van der Waals surface area contributed by atoms with Gasteiger partial charge in [-0.25, -0.2) is 4.98 Å². The lowest BCUT2D eigenvalue weighted by Crippen LogP contribution is -2.31. The largest absolute Gasteiger partial charge is 0.482 e. The summed E-state index contributed by atoms with van der Waals surface area (Å²) in [6.07, 6.45) is 3.50. The van der Waals surface area contributed by atoms with Crippen molar-refractivity contribution in [1.29, 1.82) is 0 Å². The summed E-state index contributed by atoms with van der Waals surface area (Å²) < 4.78 is 7.25. The van der Waals surface area contributed by atoms with Crippen molar-refractivity contribution in [2.75, 3.05) is 11.9 Å². The Kier molecular flexibility index (Phi) is 4.75. The molecular weight excluding hydrogens is 380 g/mol. The number of amides is 2. The predicted octanol–water partition coefficient (Wildman–Crippen LogP) is 2.92. The molecule has 0 saturated heterocycles. The number of anilines is 1. The number of aryl methyl sites for hydroxylation is 1. The molecule has 2 amide bonds. The quantitative estimate of drug-likeness (QED) is 0.710. The Morgan fingerprint density at radius 2 is 2.07 bits per heavy atom. The second-order valence-electron chi connectivity index (χ2n) is 6.40. The van der Waals surface area contributed by atoms with Gasteiger partial charge in [-0.2, -0.15) is 0 Å². The molecule has 28 heavy (non-hydrogen) atoms. The van der Waals surface area contributed by atoms with E-state index >= 15 is 0 Å². The van der Waals surface area contributed by atoms with E-state index in [0.29, 0.717) is 27.8 Å². The van der Waals surface area contributed by atoms with E-state index in [2.05, 4.69) is 15.6 Å². The molecule has 2 heterocycles. The number of carbonyl (C=O) groups is 2. The number of halogens is 1. The number of rotatable bonds is 4. The molecule has 2 aromatic carbocycles. The van der Waals surface area contributed by atoms with E-state index in [9.17, 15) is 9.59 Å². The first-order valence-corrected chi connectivity index (χ1v) is 8.99. The molecule has 0 radical (unpaired) electrons. The van der Waals surface area contributed by atoms with Crippen molar-refractivity contribution in [3.05, 3.63) is 76.8 Å². The van der Waals surface area contributed by atoms with E-state index in [1.165, 1.54) is 0 Å². The average Bonchev–Trinajstić information content (AvgIpc) is 3.12. The van der Waals surface area contributed by atoms with Crippen molar-refractivity contribution in [2.24, 2.45) is 7.05 Å². The number of hydrogen-bond acceptors (Lipinski definition) is 4. The van der Waals surface area contributed by atoms with Gasteiger partial charge in [0.25, 0.3) is 11.8 Å². The summed E-state index contributed by atoms with van der Waals surface area (Å²) in [5, 5.41) is 6.34. The summed E-state index contributed by atoms with van der Waals surface area (Å²) in [5.74, 6) is 0.651. The summed E-state index contributed by atoms with van der Waals surface area (Å²) in [6, 6.07) is 11.7. The molecule has 8 heteroatoms. The molecule has 4 rings (SSSR count). The third kappa shape index (κ3) is 3.57. The molecule has 1 aliphatic rings. The Labute approximate surface area is 166 Å². The van der Waals surface area contributed by atoms with Gasteiger partial charge >= 0.3 is 0 Å². The zero-order valence-corrected chi connectivity index (χ0v) is 15.7. The van der Waals surface area contributed by atoms with E-state index in [1.807, 2.05) is 29.9 Å². The fourth-order valence-corrected chi connectivity index (χ4v) is 3.16. The monoisotopic (exact) mass is 396 g/mol. The summed E-state index contributed by atoms with van der Waals surface area (Å²) >= 11 is 6.00. The number of ether oxygens (including phenoxy) is 1. The number of imidazole rings is 1. The molecule has 0 aliphatic carbocycles. The van der Waals surface area contributed by atoms with E-state index in [1.54, 1.807) is 36.5 Å². The van der Waals surface area contributed by atoms with E-state index < -0.39 is 6.04 Å². The maximum absolute atomic E-state index is 12.9. The van der Waals surface area contributed by atoms with Crippen molar-refractivity contribution in [3.63, 3.8) is 0 Å². The van der Waals surface area contributed by atoms with Crippen molar-refractivity contribution < 1.29 is 14.3 Å². The molecule has 1 aliphatic heterocycles. The van der Waals surface area contributed by atoms with Crippen LogP contribution in [0.3, 0.4) is 0 Å². The number of aromatic nitrogens is 2. The lowest BCUT2D eigenvalue weighted by atomic mass is 10.0. The lowest BCUT2D eigenvalue weighted by molar-refractivity contribution is -0.118. The van der Waals surface area contributed by atoms with Crippen LogP contribution in [0.2, 0.25) is 5.02 Å². The summed E-state index contributed by atoms with van der Waals surface area (Å²) in [5.41, 5.74) is 1.82. The second kappa shape index (κ2) is 7.36. The van der Waals surface area contributed by atoms with Crippen molar-refractivity contribution in [2.45, 2.75) is 6.04 Å². The Morgan fingerprint density at radius 1 is 1.29 bits per heavy atom. The van der Waals surface area contributed by atoms with Gasteiger partial charge in [-0.3, -0.25) is 9.59 Å². The standard InChI is InChI=1S/C20H17ClN4O3/c1-25-9-8-22-19(25)18(12-2-5-14(21)6-3-12)24-20(27)13-4-7-15-16(10-13)28-11-17(26)23-15/h2-10,18H,11H2,1H3,(H,23,26)(H,24,27). The number of hydrogen-bond donors (Lipinski definition) is 2. The molecule has 7 nitrogen and oxygen atoms in total. The van der Waals surface area contributed by atoms with E-state index in [4.69, 9.17) is 16.3 Å². The molecule has 142 valence electrons. The van der Waals surface area contributed by atoms with Gasteiger partial charge in [-0.15, -0.1) is 0 Å². The maximum Gasteiger partial charge on any atom is 0.262 e. The highest BCUT2D eigenvalue weighted by atomic mass is 35.5. The van der Waals surface area contributed by atoms with Crippen LogP contribution in [0.4, 0.5) is 5.69 Å². The molecule has 0 bridgehead atoms. The van der Waals surface area contributed by atoms with Crippen molar-refractivity contribution in [3.8, 4) is 5.75 Å². The number of nitrogens with zero attached hydrogens (tertiary/aromatic N) is 2. The van der Waals surface area contributed by atoms with Crippen LogP contribution in [0, 0.1) is 0 Å². The maximum atomic E-state index is 12.9. The van der Waals surface area contributed by atoms with Gasteiger partial charge in [-0.05, 0) is 35.9 Å². The molecule has 0 spiro atoms. The summed E-state index contributed by atoms with van der Waals surface area (Å²) in [7, 11) is 1.87. The van der Waals surface area contributed by atoms with Crippen LogP contribution in [0.5, 0.6) is 5.75 Å². The molecule has 1 aromatic heterocycles. The third-order valence-electron chi connectivity index (χ3n) is 4.47. The van der Waals surface area contributed by atoms with Gasteiger partial charge in [0.1, 0.15) is 17.6 Å². The second-order valence-corrected chi connectivity index (χ2v) is 6.84. The summed E-state index contributed by atoms with van der Waals surface area (Å²) in [6.45, 7) is -0.0707. The van der Waals surface area contributed by atoms with Crippen LogP contribution in [-0.2, 0) is 11.8 Å². The van der Waals surface area contributed by atoms with Crippen LogP contribution < -0.4 is 15.4 Å². The summed E-state index contributed by atoms with van der Waals surface area (Å²) in [4.78, 5) is 28.7. The first kappa shape index (κ1) is 18.1. The molecule has 3 aromatic rings. The highest BCUT2D eigenvalue weighted by Crippen LogP contribution is 2.29. The van der Waals surface area contributed by atoms with Crippen LogP contribution >= 0.6 is 11.6 Å². The zero-order valence-electron chi connectivity index (χ0n) is 15.0. The predicted molar refractivity (Wildman–Crippen MR) is 105 cm³/mol. The van der Waals surface area contributed by atoms with Gasteiger partial charge in [0.15, 0.2) is 6.61 Å². The molecular formula is C20H17ClN4O3. The number of carbonyl (C=O) groups excluding carboxylic acids is 2. The molecule has 2 N–H and O–H groups in total. The van der Waals surface area contributed by atoms with Gasteiger partial charge in [0.05, 0.1) is 5.69 Å². The average molecular weight is 397 g/mol. The van der Waals surface area contributed by atoms with Gasteiger partial charge in [-0.1, -0.05) is 23.7 Å². The first-order chi connectivity index (χ1) is 13.5. The number of benzene rings is 2. The van der Waals surface area contributed by atoms with Crippen LogP contribution in [0.25, 0.3) is 0 Å². The minimum atomic E-state index is -0.457. The fourth-order valence-electron chi connectivity index (χ4n) is 3.04. The van der Waals surface area contributed by atoms with Gasteiger partial charge in [0, 0.05) is 30.0 Å². The minimum Gasteiger partial charge on any atom is -0.482 e. The molecule has 0 saturated carbocycles. The lowest BCUT2D eigenvalue weighted by Gasteiger charge is -2.21. The highest BCUT2D eigenvalue weighted by molar-refractivity contribution is 6.30. The van der Waals surface area contributed by atoms with E-state index in [0.717, 1.165) is 5.56 Å². The van der Waals surface area contributed by atoms with Crippen LogP contribution in [0.15, 0.2) is 54.9 Å². The Balaban J connectivity index is 1.63. The minimum absolute atomic E-state index is 0.0707. The first-order valence-electron chi connectivity index (χ1n) is 8.61. The molecule has 1 unspecified atom stereocenters.